The normalized spacial score (nSPS) is 10.0. The molecule has 0 heterocycles. The molecule has 0 radical (unpaired) electrons. The first-order chi connectivity index (χ1) is 7.22. The molecule has 4 heteroatoms. The van der Waals surface area contributed by atoms with Gasteiger partial charge in [0, 0.05) is 13.2 Å². The molecule has 0 bridgehead atoms. The molecule has 0 saturated heterocycles. The van der Waals surface area contributed by atoms with Gasteiger partial charge in [-0.3, -0.25) is 4.79 Å². The van der Waals surface area contributed by atoms with E-state index in [2.05, 4.69) is 5.32 Å². The standard InChI is InChI=1S/C11H14FNO2/c1-2-15-8-11(14)13-7-9-3-5-10(12)6-4-9/h3-6H,2,7-8H2,1H3,(H,13,14). The molecule has 82 valence electrons. The minimum absolute atomic E-state index is 0.0672. The Hall–Kier alpha value is -1.42. The lowest BCUT2D eigenvalue weighted by Crippen LogP contribution is -2.27. The molecule has 0 aliphatic carbocycles. The van der Waals surface area contributed by atoms with E-state index in [1.807, 2.05) is 6.92 Å². The molecule has 1 aromatic carbocycles. The summed E-state index contributed by atoms with van der Waals surface area (Å²) in [7, 11) is 0. The van der Waals surface area contributed by atoms with Crippen LogP contribution in [0.2, 0.25) is 0 Å². The number of amides is 1. The summed E-state index contributed by atoms with van der Waals surface area (Å²) < 4.78 is 17.5. The highest BCUT2D eigenvalue weighted by Gasteiger charge is 2.00. The molecule has 1 amide bonds. The topological polar surface area (TPSA) is 38.3 Å². The second-order valence-electron chi connectivity index (χ2n) is 3.04. The third-order valence-electron chi connectivity index (χ3n) is 1.84. The molecule has 1 rings (SSSR count). The van der Waals surface area contributed by atoms with E-state index in [1.165, 1.54) is 12.1 Å². The zero-order valence-electron chi connectivity index (χ0n) is 8.63. The summed E-state index contributed by atoms with van der Waals surface area (Å²) in [4.78, 5) is 11.1. The van der Waals surface area contributed by atoms with Gasteiger partial charge in [0.25, 0.3) is 0 Å². The van der Waals surface area contributed by atoms with Gasteiger partial charge in [0.2, 0.25) is 5.91 Å². The van der Waals surface area contributed by atoms with E-state index in [0.29, 0.717) is 13.2 Å². The van der Waals surface area contributed by atoms with Crippen molar-refractivity contribution < 1.29 is 13.9 Å². The summed E-state index contributed by atoms with van der Waals surface area (Å²) in [6.45, 7) is 2.81. The number of hydrogen-bond acceptors (Lipinski definition) is 2. The number of benzene rings is 1. The van der Waals surface area contributed by atoms with Gasteiger partial charge in [-0.25, -0.2) is 4.39 Å². The fraction of sp³-hybridized carbons (Fsp3) is 0.364. The van der Waals surface area contributed by atoms with E-state index < -0.39 is 0 Å². The first-order valence-corrected chi connectivity index (χ1v) is 4.81. The third-order valence-corrected chi connectivity index (χ3v) is 1.84. The second kappa shape index (κ2) is 6.14. The fourth-order valence-electron chi connectivity index (χ4n) is 1.05. The number of rotatable bonds is 5. The molecule has 1 aromatic rings. The summed E-state index contributed by atoms with van der Waals surface area (Å²) in [6.07, 6.45) is 0. The lowest BCUT2D eigenvalue weighted by atomic mass is 10.2. The van der Waals surface area contributed by atoms with E-state index in [0.717, 1.165) is 5.56 Å². The van der Waals surface area contributed by atoms with E-state index >= 15 is 0 Å². The molecule has 0 saturated carbocycles. The first-order valence-electron chi connectivity index (χ1n) is 4.81. The van der Waals surface area contributed by atoms with E-state index in [4.69, 9.17) is 4.74 Å². The average molecular weight is 211 g/mol. The Morgan fingerprint density at radius 3 is 2.67 bits per heavy atom. The van der Waals surface area contributed by atoms with Crippen molar-refractivity contribution in [2.24, 2.45) is 0 Å². The highest BCUT2D eigenvalue weighted by Crippen LogP contribution is 2.01. The van der Waals surface area contributed by atoms with Gasteiger partial charge < -0.3 is 10.1 Å². The summed E-state index contributed by atoms with van der Waals surface area (Å²) >= 11 is 0. The summed E-state index contributed by atoms with van der Waals surface area (Å²) in [5.74, 6) is -0.444. The van der Waals surface area contributed by atoms with Gasteiger partial charge >= 0.3 is 0 Å². The van der Waals surface area contributed by atoms with E-state index in [-0.39, 0.29) is 18.3 Å². The van der Waals surface area contributed by atoms with Crippen LogP contribution in [0, 0.1) is 5.82 Å². The molecule has 3 nitrogen and oxygen atoms in total. The highest BCUT2D eigenvalue weighted by atomic mass is 19.1. The SMILES string of the molecule is CCOCC(=O)NCc1ccc(F)cc1. The first kappa shape index (κ1) is 11.7. The van der Waals surface area contributed by atoms with E-state index in [1.54, 1.807) is 12.1 Å². The van der Waals surface area contributed by atoms with Gasteiger partial charge in [0.1, 0.15) is 12.4 Å². The molecule has 0 fully saturated rings. The van der Waals surface area contributed by atoms with Crippen molar-refractivity contribution in [2.75, 3.05) is 13.2 Å². The maximum atomic E-state index is 12.5. The Bertz CT molecular complexity index is 311. The van der Waals surface area contributed by atoms with Crippen LogP contribution < -0.4 is 5.32 Å². The van der Waals surface area contributed by atoms with Crippen molar-refractivity contribution >= 4 is 5.91 Å². The van der Waals surface area contributed by atoms with Crippen LogP contribution in [-0.4, -0.2) is 19.1 Å². The van der Waals surface area contributed by atoms with Crippen LogP contribution >= 0.6 is 0 Å². The van der Waals surface area contributed by atoms with Gasteiger partial charge in [0.05, 0.1) is 0 Å². The van der Waals surface area contributed by atoms with Crippen molar-refractivity contribution in [1.82, 2.24) is 5.32 Å². The van der Waals surface area contributed by atoms with Crippen LogP contribution in [0.1, 0.15) is 12.5 Å². The Morgan fingerprint density at radius 2 is 2.07 bits per heavy atom. The van der Waals surface area contributed by atoms with Crippen molar-refractivity contribution in [3.05, 3.63) is 35.6 Å². The number of carbonyl (C=O) groups is 1. The number of hydrogen-bond donors (Lipinski definition) is 1. The minimum atomic E-state index is -0.278. The zero-order valence-corrected chi connectivity index (χ0v) is 8.63. The van der Waals surface area contributed by atoms with Crippen molar-refractivity contribution in [3.63, 3.8) is 0 Å². The van der Waals surface area contributed by atoms with Crippen LogP contribution in [-0.2, 0) is 16.1 Å². The van der Waals surface area contributed by atoms with Crippen molar-refractivity contribution in [1.29, 1.82) is 0 Å². The molecule has 0 aromatic heterocycles. The summed E-state index contributed by atoms with van der Waals surface area (Å²) in [6, 6.07) is 6.00. The number of ether oxygens (including phenoxy) is 1. The van der Waals surface area contributed by atoms with Crippen LogP contribution in [0.25, 0.3) is 0 Å². The molecular weight excluding hydrogens is 197 g/mol. The van der Waals surface area contributed by atoms with Gasteiger partial charge in [-0.05, 0) is 24.6 Å². The minimum Gasteiger partial charge on any atom is -0.372 e. The summed E-state index contributed by atoms with van der Waals surface area (Å²) in [5.41, 5.74) is 0.862. The zero-order chi connectivity index (χ0) is 11.1. The Labute approximate surface area is 88.2 Å². The maximum absolute atomic E-state index is 12.5. The number of nitrogens with one attached hydrogen (secondary N) is 1. The predicted molar refractivity (Wildman–Crippen MR) is 54.7 cm³/mol. The Kier molecular flexibility index (Phi) is 4.77. The molecule has 1 N–H and O–H groups in total. The van der Waals surface area contributed by atoms with Crippen LogP contribution in [0.15, 0.2) is 24.3 Å². The van der Waals surface area contributed by atoms with E-state index in [9.17, 15) is 9.18 Å². The Morgan fingerprint density at radius 1 is 1.40 bits per heavy atom. The smallest absolute Gasteiger partial charge is 0.246 e. The maximum Gasteiger partial charge on any atom is 0.246 e. The fourth-order valence-corrected chi connectivity index (χ4v) is 1.05. The molecule has 0 spiro atoms. The quantitative estimate of drug-likeness (QED) is 0.801. The largest absolute Gasteiger partial charge is 0.372 e. The van der Waals surface area contributed by atoms with Crippen LogP contribution in [0.4, 0.5) is 4.39 Å². The number of halogens is 1. The lowest BCUT2D eigenvalue weighted by Gasteiger charge is -2.05. The monoisotopic (exact) mass is 211 g/mol. The third kappa shape index (κ3) is 4.56. The molecular formula is C11H14FNO2. The summed E-state index contributed by atoms with van der Waals surface area (Å²) in [5, 5.41) is 2.67. The van der Waals surface area contributed by atoms with Crippen molar-refractivity contribution in [3.8, 4) is 0 Å². The molecule has 0 aliphatic heterocycles. The van der Waals surface area contributed by atoms with Gasteiger partial charge in [0.15, 0.2) is 0 Å². The second-order valence-corrected chi connectivity index (χ2v) is 3.04. The van der Waals surface area contributed by atoms with Gasteiger partial charge in [-0.1, -0.05) is 12.1 Å². The van der Waals surface area contributed by atoms with Crippen molar-refractivity contribution in [2.45, 2.75) is 13.5 Å². The molecule has 0 unspecified atom stereocenters. The highest BCUT2D eigenvalue weighted by molar-refractivity contribution is 5.77. The average Bonchev–Trinajstić information content (AvgIpc) is 2.25. The molecule has 0 atom stereocenters. The molecule has 15 heavy (non-hydrogen) atoms. The van der Waals surface area contributed by atoms with Gasteiger partial charge in [-0.15, -0.1) is 0 Å². The predicted octanol–water partition coefficient (Wildman–Crippen LogP) is 1.48. The van der Waals surface area contributed by atoms with Gasteiger partial charge in [-0.2, -0.15) is 0 Å². The Balaban J connectivity index is 2.30. The van der Waals surface area contributed by atoms with Crippen LogP contribution in [0.5, 0.6) is 0 Å². The molecule has 0 aliphatic rings. The number of carbonyl (C=O) groups excluding carboxylic acids is 1. The van der Waals surface area contributed by atoms with Crippen LogP contribution in [0.3, 0.4) is 0 Å². The lowest BCUT2D eigenvalue weighted by molar-refractivity contribution is -0.125.